The predicted octanol–water partition coefficient (Wildman–Crippen LogP) is 4.95. The first-order chi connectivity index (χ1) is 13.2. The molecule has 0 saturated heterocycles. The lowest BCUT2D eigenvalue weighted by molar-refractivity contribution is 0.414. The van der Waals surface area contributed by atoms with Crippen LogP contribution >= 0.6 is 0 Å². The molecule has 0 bridgehead atoms. The molecule has 0 fully saturated rings. The molecule has 0 radical (unpaired) electrons. The molecule has 0 atom stereocenters. The Balaban J connectivity index is 1.91. The van der Waals surface area contributed by atoms with Crippen molar-refractivity contribution >= 4 is 11.4 Å². The summed E-state index contributed by atoms with van der Waals surface area (Å²) in [5.74, 6) is 2.57. The van der Waals surface area contributed by atoms with Crippen LogP contribution in [0, 0.1) is 0 Å². The van der Waals surface area contributed by atoms with E-state index in [9.17, 15) is 0 Å². The van der Waals surface area contributed by atoms with Gasteiger partial charge >= 0.3 is 0 Å². The van der Waals surface area contributed by atoms with Gasteiger partial charge in [-0.1, -0.05) is 12.1 Å². The Labute approximate surface area is 159 Å². The van der Waals surface area contributed by atoms with E-state index in [-0.39, 0.29) is 0 Å². The smallest absolute Gasteiger partial charge is 0.120 e. The quantitative estimate of drug-likeness (QED) is 0.560. The highest BCUT2D eigenvalue weighted by Crippen LogP contribution is 2.35. The molecule has 1 N–H and O–H groups in total. The number of ether oxygens (including phenoxy) is 3. The molecule has 1 aliphatic heterocycles. The van der Waals surface area contributed by atoms with Gasteiger partial charge in [-0.15, -0.1) is 0 Å². The number of benzene rings is 3. The lowest BCUT2D eigenvalue weighted by Crippen LogP contribution is -1.99. The van der Waals surface area contributed by atoms with Crippen LogP contribution in [0.4, 0.5) is 11.4 Å². The van der Waals surface area contributed by atoms with Crippen LogP contribution in [-0.4, -0.2) is 21.3 Å². The summed E-state index contributed by atoms with van der Waals surface area (Å²) in [7, 11) is 5.09. The average molecular weight is 361 g/mol. The first-order valence-electron chi connectivity index (χ1n) is 8.97. The molecular formula is C23H23NO3. The molecule has 0 saturated carbocycles. The van der Waals surface area contributed by atoms with Gasteiger partial charge in [-0.2, -0.15) is 0 Å². The van der Waals surface area contributed by atoms with Crippen LogP contribution < -0.4 is 19.5 Å². The second-order valence-electron chi connectivity index (χ2n) is 6.66. The maximum absolute atomic E-state index is 5.46. The maximum Gasteiger partial charge on any atom is 0.120 e. The van der Waals surface area contributed by atoms with Gasteiger partial charge in [-0.3, -0.25) is 0 Å². The summed E-state index contributed by atoms with van der Waals surface area (Å²) < 4.78 is 16.3. The molecule has 0 amide bonds. The Kier molecular flexibility index (Phi) is 4.63. The second-order valence-corrected chi connectivity index (χ2v) is 6.66. The minimum Gasteiger partial charge on any atom is -0.497 e. The fourth-order valence-corrected chi connectivity index (χ4v) is 3.54. The lowest BCUT2D eigenvalue weighted by Gasteiger charge is -2.15. The zero-order chi connectivity index (χ0) is 18.8. The van der Waals surface area contributed by atoms with E-state index in [0.29, 0.717) is 0 Å². The topological polar surface area (TPSA) is 39.7 Å². The normalized spacial score (nSPS) is 12.3. The average Bonchev–Trinajstić information content (AvgIpc) is 2.77. The molecule has 3 aromatic rings. The summed E-state index contributed by atoms with van der Waals surface area (Å²) >= 11 is 0. The fraction of sp³-hybridized carbons (Fsp3) is 0.217. The van der Waals surface area contributed by atoms with Gasteiger partial charge < -0.3 is 19.5 Å². The molecule has 1 aliphatic rings. The van der Waals surface area contributed by atoms with Crippen molar-refractivity contribution in [2.75, 3.05) is 26.6 Å². The molecule has 0 aliphatic carbocycles. The Hall–Kier alpha value is -3.14. The van der Waals surface area contributed by atoms with E-state index in [1.807, 2.05) is 18.2 Å². The van der Waals surface area contributed by atoms with Gasteiger partial charge in [0.25, 0.3) is 0 Å². The van der Waals surface area contributed by atoms with Crippen molar-refractivity contribution in [1.82, 2.24) is 0 Å². The van der Waals surface area contributed by atoms with E-state index in [1.165, 1.54) is 22.3 Å². The third-order valence-corrected chi connectivity index (χ3v) is 5.07. The van der Waals surface area contributed by atoms with Crippen LogP contribution in [0.15, 0.2) is 54.6 Å². The van der Waals surface area contributed by atoms with Gasteiger partial charge in [0.15, 0.2) is 0 Å². The van der Waals surface area contributed by atoms with Gasteiger partial charge in [0, 0.05) is 17.4 Å². The van der Waals surface area contributed by atoms with Crippen LogP contribution in [0.5, 0.6) is 17.2 Å². The van der Waals surface area contributed by atoms with Crippen molar-refractivity contribution in [2.24, 2.45) is 0 Å². The summed E-state index contributed by atoms with van der Waals surface area (Å²) in [6.07, 6.45) is 1.65. The first-order valence-corrected chi connectivity index (χ1v) is 8.97. The van der Waals surface area contributed by atoms with Gasteiger partial charge in [0.05, 0.1) is 21.3 Å². The highest BCUT2D eigenvalue weighted by atomic mass is 16.5. The van der Waals surface area contributed by atoms with Crippen LogP contribution in [0.25, 0.3) is 0 Å². The minimum absolute atomic E-state index is 0.823. The van der Waals surface area contributed by atoms with Crippen LogP contribution in [0.3, 0.4) is 0 Å². The van der Waals surface area contributed by atoms with Crippen molar-refractivity contribution in [2.45, 2.75) is 12.8 Å². The molecule has 4 rings (SSSR count). The van der Waals surface area contributed by atoms with E-state index in [2.05, 4.69) is 41.7 Å². The monoisotopic (exact) mass is 361 g/mol. The maximum atomic E-state index is 5.46. The molecular weight excluding hydrogens is 338 g/mol. The summed E-state index contributed by atoms with van der Waals surface area (Å²) in [4.78, 5) is 0. The molecule has 3 aromatic carbocycles. The summed E-state index contributed by atoms with van der Waals surface area (Å²) in [5, 5.41) is 3.61. The van der Waals surface area contributed by atoms with E-state index in [0.717, 1.165) is 41.5 Å². The summed E-state index contributed by atoms with van der Waals surface area (Å²) in [6, 6.07) is 18.7. The van der Waals surface area contributed by atoms with Crippen molar-refractivity contribution in [3.8, 4) is 17.2 Å². The molecule has 4 heteroatoms. The van der Waals surface area contributed by atoms with Gasteiger partial charge in [0.1, 0.15) is 17.2 Å². The first kappa shape index (κ1) is 17.3. The number of fused-ring (bicyclic) bond motifs is 3. The molecule has 1 heterocycles. The van der Waals surface area contributed by atoms with Crippen molar-refractivity contribution in [1.29, 1.82) is 0 Å². The zero-order valence-electron chi connectivity index (χ0n) is 15.8. The lowest BCUT2D eigenvalue weighted by atomic mass is 9.95. The summed E-state index contributed by atoms with van der Waals surface area (Å²) in [6.45, 7) is 0. The number of hydrogen-bond acceptors (Lipinski definition) is 4. The summed E-state index contributed by atoms with van der Waals surface area (Å²) in [5.41, 5.74) is 7.09. The van der Waals surface area contributed by atoms with Gasteiger partial charge in [0.2, 0.25) is 0 Å². The van der Waals surface area contributed by atoms with Crippen molar-refractivity contribution in [3.05, 3.63) is 76.9 Å². The van der Waals surface area contributed by atoms with Crippen molar-refractivity contribution in [3.63, 3.8) is 0 Å². The Morgan fingerprint density at radius 2 is 1.11 bits per heavy atom. The Bertz CT molecular complexity index is 854. The largest absolute Gasteiger partial charge is 0.497 e. The second kappa shape index (κ2) is 7.23. The van der Waals surface area contributed by atoms with Gasteiger partial charge in [-0.05, 0) is 71.5 Å². The highest BCUT2D eigenvalue weighted by molar-refractivity contribution is 5.70. The molecule has 0 spiro atoms. The zero-order valence-corrected chi connectivity index (χ0v) is 15.8. The van der Waals surface area contributed by atoms with E-state index < -0.39 is 0 Å². The molecule has 4 nitrogen and oxygen atoms in total. The Morgan fingerprint density at radius 3 is 1.81 bits per heavy atom. The fourth-order valence-electron chi connectivity index (χ4n) is 3.54. The highest BCUT2D eigenvalue weighted by Gasteiger charge is 2.16. The molecule has 27 heavy (non-hydrogen) atoms. The minimum atomic E-state index is 0.823. The third-order valence-electron chi connectivity index (χ3n) is 5.07. The standard InChI is InChI=1S/C23H23NO3/c1-25-19-6-4-15-10-18-13-20(26-2)8-9-22(18)24-23-14-21(27-3)7-5-16(23)11-17(15)12-19/h4-9,12-14,24H,10-11H2,1-3H3. The van der Waals surface area contributed by atoms with E-state index >= 15 is 0 Å². The number of hydrogen-bond donors (Lipinski definition) is 1. The number of rotatable bonds is 3. The predicted molar refractivity (Wildman–Crippen MR) is 108 cm³/mol. The third kappa shape index (κ3) is 3.43. The van der Waals surface area contributed by atoms with E-state index in [1.54, 1.807) is 21.3 Å². The molecule has 0 aromatic heterocycles. The Morgan fingerprint density at radius 1 is 0.556 bits per heavy atom. The van der Waals surface area contributed by atoms with Crippen LogP contribution in [0.2, 0.25) is 0 Å². The number of anilines is 2. The number of nitrogens with one attached hydrogen (secondary N) is 1. The molecule has 138 valence electrons. The van der Waals surface area contributed by atoms with Crippen LogP contribution in [0.1, 0.15) is 22.3 Å². The van der Waals surface area contributed by atoms with Gasteiger partial charge in [-0.25, -0.2) is 0 Å². The number of methoxy groups -OCH3 is 3. The van der Waals surface area contributed by atoms with E-state index in [4.69, 9.17) is 14.2 Å². The SMILES string of the molecule is COc1ccc2c(c1)Cc1ccc(OC)cc1Nc1ccc(OC)cc1C2. The van der Waals surface area contributed by atoms with Crippen molar-refractivity contribution < 1.29 is 14.2 Å². The van der Waals surface area contributed by atoms with Crippen LogP contribution in [-0.2, 0) is 12.8 Å². The molecule has 0 unspecified atom stereocenters.